The maximum Gasteiger partial charge on any atom is 0.401 e. The molecule has 1 aliphatic heterocycles. The van der Waals surface area contributed by atoms with E-state index < -0.39 is 12.7 Å². The van der Waals surface area contributed by atoms with Gasteiger partial charge in [0, 0.05) is 12.0 Å². The largest absolute Gasteiger partial charge is 0.401 e. The molecule has 0 saturated carbocycles. The zero-order chi connectivity index (χ0) is 16.2. The topological polar surface area (TPSA) is 24.1 Å². The molecule has 24 heavy (non-hydrogen) atoms. The Balaban J connectivity index is 0.00000264. The molecule has 9 heteroatoms. The van der Waals surface area contributed by atoms with E-state index in [9.17, 15) is 13.2 Å². The van der Waals surface area contributed by atoms with Crippen LogP contribution in [0, 0.1) is 0 Å². The quantitative estimate of drug-likeness (QED) is 0.646. The van der Waals surface area contributed by atoms with Gasteiger partial charge < -0.3 is 10.6 Å². The average molecular weight is 428 g/mol. The zero-order valence-corrected chi connectivity index (χ0v) is 16.0. The first-order valence-electron chi connectivity index (χ1n) is 7.26. The van der Waals surface area contributed by atoms with E-state index in [1.54, 1.807) is 6.07 Å². The maximum atomic E-state index is 12.2. The Labute approximate surface area is 162 Å². The molecular formula is C15H21Cl4F3N2. The predicted molar refractivity (Wildman–Crippen MR) is 98.3 cm³/mol. The van der Waals surface area contributed by atoms with E-state index in [2.05, 4.69) is 10.6 Å². The highest BCUT2D eigenvalue weighted by Crippen LogP contribution is 2.37. The summed E-state index contributed by atoms with van der Waals surface area (Å²) < 4.78 is 36.7. The van der Waals surface area contributed by atoms with Crippen molar-refractivity contribution in [3.8, 4) is 0 Å². The molecule has 0 amide bonds. The van der Waals surface area contributed by atoms with Crippen LogP contribution in [0.2, 0.25) is 10.0 Å². The van der Waals surface area contributed by atoms with E-state index in [4.69, 9.17) is 23.2 Å². The fraction of sp³-hybridized carbons (Fsp3) is 0.600. The minimum Gasteiger partial charge on any atom is -0.316 e. The lowest BCUT2D eigenvalue weighted by Crippen LogP contribution is -2.45. The predicted octanol–water partition coefficient (Wildman–Crippen LogP) is 5.00. The van der Waals surface area contributed by atoms with Gasteiger partial charge in [-0.15, -0.1) is 24.8 Å². The molecule has 2 N–H and O–H groups in total. The van der Waals surface area contributed by atoms with Gasteiger partial charge in [0.05, 0.1) is 16.6 Å². The standard InChI is InChI=1S/C15H19Cl2F3N2.2ClH/c16-12-3-2-11(8-13(12)17)14(4-1-6-21-9-14)5-7-22-10-15(18,19)20;;/h2-3,8,21-22H,1,4-7,9-10H2;2*1H. The third-order valence-electron chi connectivity index (χ3n) is 4.11. The highest BCUT2D eigenvalue weighted by Gasteiger charge is 2.34. The van der Waals surface area contributed by atoms with E-state index in [-0.39, 0.29) is 30.2 Å². The molecule has 1 aliphatic rings. The van der Waals surface area contributed by atoms with Gasteiger partial charge in [0.15, 0.2) is 0 Å². The highest BCUT2D eigenvalue weighted by molar-refractivity contribution is 6.42. The lowest BCUT2D eigenvalue weighted by Gasteiger charge is -2.39. The number of piperidine rings is 1. The van der Waals surface area contributed by atoms with Crippen molar-refractivity contribution in [1.29, 1.82) is 0 Å². The molecule has 1 aromatic rings. The first kappa shape index (κ1) is 24.1. The lowest BCUT2D eigenvalue weighted by molar-refractivity contribution is -0.124. The highest BCUT2D eigenvalue weighted by atomic mass is 35.5. The van der Waals surface area contributed by atoms with Crippen LogP contribution in [-0.2, 0) is 5.41 Å². The normalized spacial score (nSPS) is 20.9. The van der Waals surface area contributed by atoms with Crippen molar-refractivity contribution in [1.82, 2.24) is 10.6 Å². The summed E-state index contributed by atoms with van der Waals surface area (Å²) in [5, 5.41) is 6.79. The Morgan fingerprint density at radius 2 is 1.88 bits per heavy atom. The van der Waals surface area contributed by atoms with E-state index in [0.717, 1.165) is 31.5 Å². The summed E-state index contributed by atoms with van der Waals surface area (Å²) >= 11 is 12.1. The molecule has 1 saturated heterocycles. The molecule has 0 aromatic heterocycles. The van der Waals surface area contributed by atoms with E-state index >= 15 is 0 Å². The van der Waals surface area contributed by atoms with Gasteiger partial charge in [0.1, 0.15) is 0 Å². The number of halogens is 7. The molecule has 140 valence electrons. The summed E-state index contributed by atoms with van der Waals surface area (Å²) in [6.07, 6.45) is -1.65. The van der Waals surface area contributed by atoms with Crippen molar-refractivity contribution in [2.24, 2.45) is 0 Å². The van der Waals surface area contributed by atoms with Crippen molar-refractivity contribution in [2.75, 3.05) is 26.2 Å². The van der Waals surface area contributed by atoms with Crippen LogP contribution in [0.15, 0.2) is 18.2 Å². The molecule has 1 atom stereocenters. The molecule has 0 radical (unpaired) electrons. The number of alkyl halides is 3. The van der Waals surface area contributed by atoms with Crippen LogP contribution >= 0.6 is 48.0 Å². The molecule has 2 nitrogen and oxygen atoms in total. The number of hydrogen-bond donors (Lipinski definition) is 2. The Morgan fingerprint density at radius 3 is 2.42 bits per heavy atom. The first-order chi connectivity index (χ1) is 10.3. The summed E-state index contributed by atoms with van der Waals surface area (Å²) in [6, 6.07) is 5.50. The van der Waals surface area contributed by atoms with Crippen molar-refractivity contribution in [2.45, 2.75) is 30.9 Å². The monoisotopic (exact) mass is 426 g/mol. The average Bonchev–Trinajstić information content (AvgIpc) is 2.46. The summed E-state index contributed by atoms with van der Waals surface area (Å²) in [6.45, 7) is 1.01. The van der Waals surface area contributed by atoms with Crippen LogP contribution in [0.5, 0.6) is 0 Å². The van der Waals surface area contributed by atoms with Gasteiger partial charge in [-0.1, -0.05) is 29.3 Å². The van der Waals surface area contributed by atoms with Crippen LogP contribution in [0.3, 0.4) is 0 Å². The molecule has 1 fully saturated rings. The molecular weight excluding hydrogens is 407 g/mol. The second-order valence-electron chi connectivity index (χ2n) is 5.73. The Morgan fingerprint density at radius 1 is 1.17 bits per heavy atom. The molecule has 0 bridgehead atoms. The van der Waals surface area contributed by atoms with E-state index in [0.29, 0.717) is 23.0 Å². The Hall–Kier alpha value is 0.0900. The smallest absolute Gasteiger partial charge is 0.316 e. The van der Waals surface area contributed by atoms with Gasteiger partial charge in [0.2, 0.25) is 0 Å². The second kappa shape index (κ2) is 10.3. The fourth-order valence-corrected chi connectivity index (χ4v) is 3.25. The van der Waals surface area contributed by atoms with Gasteiger partial charge in [-0.05, 0) is 50.0 Å². The van der Waals surface area contributed by atoms with Crippen LogP contribution < -0.4 is 10.6 Å². The first-order valence-corrected chi connectivity index (χ1v) is 8.02. The maximum absolute atomic E-state index is 12.2. The van der Waals surface area contributed by atoms with E-state index in [1.807, 2.05) is 12.1 Å². The zero-order valence-electron chi connectivity index (χ0n) is 12.9. The van der Waals surface area contributed by atoms with Gasteiger partial charge >= 0.3 is 6.18 Å². The minimum atomic E-state index is -4.18. The molecule has 0 spiro atoms. The minimum absolute atomic E-state index is 0. The number of hydrogen-bond acceptors (Lipinski definition) is 2. The summed E-state index contributed by atoms with van der Waals surface area (Å²) in [4.78, 5) is 0. The molecule has 1 unspecified atom stereocenters. The van der Waals surface area contributed by atoms with Crippen molar-refractivity contribution in [3.05, 3.63) is 33.8 Å². The summed E-state index contributed by atoms with van der Waals surface area (Å²) in [7, 11) is 0. The number of rotatable bonds is 5. The van der Waals surface area contributed by atoms with Crippen molar-refractivity contribution in [3.63, 3.8) is 0 Å². The third-order valence-corrected chi connectivity index (χ3v) is 4.85. The van der Waals surface area contributed by atoms with Gasteiger partial charge in [0.25, 0.3) is 0 Å². The number of nitrogens with one attached hydrogen (secondary N) is 2. The van der Waals surface area contributed by atoms with Crippen LogP contribution in [0.25, 0.3) is 0 Å². The second-order valence-corrected chi connectivity index (χ2v) is 6.55. The van der Waals surface area contributed by atoms with E-state index in [1.165, 1.54) is 0 Å². The Kier molecular flexibility index (Phi) is 10.3. The Bertz CT molecular complexity index is 506. The third kappa shape index (κ3) is 6.77. The van der Waals surface area contributed by atoms with Crippen molar-refractivity contribution >= 4 is 48.0 Å². The van der Waals surface area contributed by atoms with Crippen LogP contribution in [-0.4, -0.2) is 32.4 Å². The molecule has 2 rings (SSSR count). The summed E-state index contributed by atoms with van der Waals surface area (Å²) in [5.41, 5.74) is 0.827. The van der Waals surface area contributed by atoms with Gasteiger partial charge in [-0.3, -0.25) is 0 Å². The SMILES string of the molecule is Cl.Cl.FC(F)(F)CNCCC1(c2ccc(Cl)c(Cl)c2)CCCNC1. The molecule has 0 aliphatic carbocycles. The van der Waals surface area contributed by atoms with Crippen LogP contribution in [0.4, 0.5) is 13.2 Å². The van der Waals surface area contributed by atoms with Gasteiger partial charge in [-0.25, -0.2) is 0 Å². The van der Waals surface area contributed by atoms with Gasteiger partial charge in [-0.2, -0.15) is 13.2 Å². The molecule has 1 aromatic carbocycles. The number of benzene rings is 1. The van der Waals surface area contributed by atoms with Crippen molar-refractivity contribution < 1.29 is 13.2 Å². The summed E-state index contributed by atoms with van der Waals surface area (Å²) in [5.74, 6) is 0. The molecule has 1 heterocycles. The van der Waals surface area contributed by atoms with Crippen LogP contribution in [0.1, 0.15) is 24.8 Å². The lowest BCUT2D eigenvalue weighted by atomic mass is 9.72. The fourth-order valence-electron chi connectivity index (χ4n) is 2.96.